The number of rotatable bonds is 3. The van der Waals surface area contributed by atoms with Crippen molar-refractivity contribution in [3.63, 3.8) is 0 Å². The van der Waals surface area contributed by atoms with Crippen LogP contribution in [0, 0.1) is 0 Å². The van der Waals surface area contributed by atoms with Crippen LogP contribution in [-0.2, 0) is 4.79 Å². The molecule has 2 heterocycles. The van der Waals surface area contributed by atoms with Gasteiger partial charge in [-0.3, -0.25) is 9.59 Å². The van der Waals surface area contributed by atoms with Gasteiger partial charge in [-0.15, -0.1) is 0 Å². The summed E-state index contributed by atoms with van der Waals surface area (Å²) in [4.78, 5) is 25.4. The van der Waals surface area contributed by atoms with Crippen LogP contribution in [0.5, 0.6) is 23.0 Å². The number of hydrogen-bond acceptors (Lipinski definition) is 6. The van der Waals surface area contributed by atoms with Crippen LogP contribution in [0.3, 0.4) is 0 Å². The van der Waals surface area contributed by atoms with Crippen molar-refractivity contribution >= 4 is 29.4 Å². The standard InChI is InChI=1S/C25H17ClO6/c1-30-19-5-3-2-4-14(19)11-21-24(29)15-7-9-20-23(25(15)32-21)16(12-22(28)31-20)13-6-8-18(27)17(26)10-13/h2-11,16,27H,12H2,1H3/b21-11-. The Morgan fingerprint density at radius 2 is 1.91 bits per heavy atom. The second kappa shape index (κ2) is 7.73. The van der Waals surface area contributed by atoms with Gasteiger partial charge in [-0.1, -0.05) is 35.9 Å². The number of allylic oxidation sites excluding steroid dienone is 1. The smallest absolute Gasteiger partial charge is 0.312 e. The van der Waals surface area contributed by atoms with Crippen molar-refractivity contribution in [1.82, 2.24) is 0 Å². The maximum Gasteiger partial charge on any atom is 0.312 e. The van der Waals surface area contributed by atoms with Crippen molar-refractivity contribution in [3.05, 3.63) is 87.6 Å². The molecule has 0 radical (unpaired) electrons. The molecule has 1 N–H and O–H groups in total. The molecule has 6 nitrogen and oxygen atoms in total. The van der Waals surface area contributed by atoms with Crippen molar-refractivity contribution in [3.8, 4) is 23.0 Å². The molecule has 160 valence electrons. The number of phenols is 1. The second-order valence-corrected chi connectivity index (χ2v) is 7.88. The van der Waals surface area contributed by atoms with Gasteiger partial charge in [0, 0.05) is 17.0 Å². The first-order chi connectivity index (χ1) is 15.5. The molecule has 2 aliphatic heterocycles. The third-order valence-corrected chi connectivity index (χ3v) is 5.88. The first-order valence-electron chi connectivity index (χ1n) is 9.89. The van der Waals surface area contributed by atoms with Crippen molar-refractivity contribution < 1.29 is 28.9 Å². The molecule has 2 aliphatic rings. The van der Waals surface area contributed by atoms with Gasteiger partial charge in [0.2, 0.25) is 5.78 Å². The molecule has 0 fully saturated rings. The van der Waals surface area contributed by atoms with Crippen LogP contribution >= 0.6 is 11.6 Å². The summed E-state index contributed by atoms with van der Waals surface area (Å²) in [5.41, 5.74) is 2.39. The normalized spacial score (nSPS) is 18.1. The maximum atomic E-state index is 13.1. The van der Waals surface area contributed by atoms with Gasteiger partial charge >= 0.3 is 5.97 Å². The summed E-state index contributed by atoms with van der Waals surface area (Å²) in [6.07, 6.45) is 1.68. The van der Waals surface area contributed by atoms with Gasteiger partial charge < -0.3 is 19.3 Å². The van der Waals surface area contributed by atoms with E-state index in [9.17, 15) is 14.7 Å². The van der Waals surface area contributed by atoms with E-state index in [-0.39, 0.29) is 28.7 Å². The number of fused-ring (bicyclic) bond motifs is 3. The van der Waals surface area contributed by atoms with Gasteiger partial charge in [-0.2, -0.15) is 0 Å². The molecule has 0 saturated carbocycles. The minimum absolute atomic E-state index is 0.0493. The number of halogens is 1. The van der Waals surface area contributed by atoms with Crippen LogP contribution in [0.15, 0.2) is 60.4 Å². The van der Waals surface area contributed by atoms with Gasteiger partial charge in [0.05, 0.1) is 24.1 Å². The minimum Gasteiger partial charge on any atom is -0.506 e. The van der Waals surface area contributed by atoms with Crippen LogP contribution in [-0.4, -0.2) is 24.0 Å². The summed E-state index contributed by atoms with van der Waals surface area (Å²) in [6.45, 7) is 0. The van der Waals surface area contributed by atoms with Crippen LogP contribution in [0.1, 0.15) is 39.4 Å². The molecule has 7 heteroatoms. The monoisotopic (exact) mass is 448 g/mol. The number of ether oxygens (including phenoxy) is 3. The van der Waals surface area contributed by atoms with Crippen molar-refractivity contribution in [2.75, 3.05) is 7.11 Å². The van der Waals surface area contributed by atoms with Crippen LogP contribution < -0.4 is 14.2 Å². The summed E-state index contributed by atoms with van der Waals surface area (Å²) >= 11 is 6.11. The molecule has 0 amide bonds. The van der Waals surface area contributed by atoms with E-state index < -0.39 is 11.9 Å². The molecule has 0 aromatic heterocycles. The summed E-state index contributed by atoms with van der Waals surface area (Å²) in [7, 11) is 1.56. The highest BCUT2D eigenvalue weighted by atomic mass is 35.5. The number of methoxy groups -OCH3 is 1. The Hall–Kier alpha value is -3.77. The fourth-order valence-corrected chi connectivity index (χ4v) is 4.25. The zero-order valence-electron chi connectivity index (χ0n) is 16.9. The Labute approximate surface area is 188 Å². The van der Waals surface area contributed by atoms with E-state index >= 15 is 0 Å². The minimum atomic E-state index is -0.447. The molecule has 0 aliphatic carbocycles. The SMILES string of the molecule is COc1ccccc1/C=C1\Oc2c(ccc3c2C(c2ccc(O)c(Cl)c2)CC(=O)O3)C1=O. The van der Waals surface area contributed by atoms with E-state index in [2.05, 4.69) is 0 Å². The number of benzene rings is 3. The molecule has 32 heavy (non-hydrogen) atoms. The number of carbonyl (C=O) groups is 2. The van der Waals surface area contributed by atoms with Gasteiger partial charge in [0.1, 0.15) is 23.0 Å². The maximum absolute atomic E-state index is 13.1. The lowest BCUT2D eigenvalue weighted by Crippen LogP contribution is -2.21. The molecule has 0 spiro atoms. The number of para-hydroxylation sites is 1. The summed E-state index contributed by atoms with van der Waals surface area (Å²) in [5.74, 6) is 0.278. The van der Waals surface area contributed by atoms with E-state index in [1.54, 1.807) is 43.5 Å². The predicted molar refractivity (Wildman–Crippen MR) is 118 cm³/mol. The van der Waals surface area contributed by atoms with E-state index in [0.717, 1.165) is 0 Å². The highest BCUT2D eigenvalue weighted by Gasteiger charge is 2.38. The van der Waals surface area contributed by atoms with Crippen LogP contribution in [0.2, 0.25) is 5.02 Å². The van der Waals surface area contributed by atoms with Gasteiger partial charge in [0.15, 0.2) is 5.76 Å². The number of ketones is 1. The Bertz CT molecular complexity index is 1310. The molecule has 0 bridgehead atoms. The van der Waals surface area contributed by atoms with Crippen molar-refractivity contribution in [2.24, 2.45) is 0 Å². The average Bonchev–Trinajstić information content (AvgIpc) is 3.10. The molecule has 0 saturated heterocycles. The van der Waals surface area contributed by atoms with Crippen LogP contribution in [0.4, 0.5) is 0 Å². The quantitative estimate of drug-likeness (QED) is 0.340. The number of esters is 1. The van der Waals surface area contributed by atoms with Crippen molar-refractivity contribution in [2.45, 2.75) is 12.3 Å². The topological polar surface area (TPSA) is 82.1 Å². The number of carbonyl (C=O) groups excluding carboxylic acids is 2. The van der Waals surface area contributed by atoms with Gasteiger partial charge in [-0.25, -0.2) is 0 Å². The van der Waals surface area contributed by atoms with Gasteiger partial charge in [-0.05, 0) is 42.0 Å². The largest absolute Gasteiger partial charge is 0.506 e. The molecule has 3 aromatic rings. The zero-order chi connectivity index (χ0) is 22.4. The van der Waals surface area contributed by atoms with E-state index in [1.165, 1.54) is 6.07 Å². The van der Waals surface area contributed by atoms with E-state index in [1.807, 2.05) is 18.2 Å². The lowest BCUT2D eigenvalue weighted by molar-refractivity contribution is -0.135. The Morgan fingerprint density at radius 3 is 2.69 bits per heavy atom. The Balaban J connectivity index is 1.62. The molecular formula is C25H17ClO6. The first kappa shape index (κ1) is 20.2. The number of phenolic OH excluding ortho intramolecular Hbond substituents is 1. The summed E-state index contributed by atoms with van der Waals surface area (Å²) < 4.78 is 16.8. The lowest BCUT2D eigenvalue weighted by atomic mass is 9.84. The molecule has 1 atom stereocenters. The fraction of sp³-hybridized carbons (Fsp3) is 0.120. The second-order valence-electron chi connectivity index (χ2n) is 7.48. The first-order valence-corrected chi connectivity index (χ1v) is 10.3. The van der Waals surface area contributed by atoms with Crippen molar-refractivity contribution in [1.29, 1.82) is 0 Å². The number of Topliss-reactive ketones (excluding diaryl/α,β-unsaturated/α-hetero) is 1. The predicted octanol–water partition coefficient (Wildman–Crippen LogP) is 5.11. The average molecular weight is 449 g/mol. The molecule has 5 rings (SSSR count). The third-order valence-electron chi connectivity index (χ3n) is 5.58. The Kier molecular flexibility index (Phi) is 4.87. The molecular weight excluding hydrogens is 432 g/mol. The van der Waals surface area contributed by atoms with Crippen LogP contribution in [0.25, 0.3) is 6.08 Å². The lowest BCUT2D eigenvalue weighted by Gasteiger charge is -2.26. The van der Waals surface area contributed by atoms with E-state index in [4.69, 9.17) is 25.8 Å². The summed E-state index contributed by atoms with van der Waals surface area (Å²) in [5, 5.41) is 9.96. The van der Waals surface area contributed by atoms with E-state index in [0.29, 0.717) is 39.5 Å². The highest BCUT2D eigenvalue weighted by molar-refractivity contribution is 6.32. The third kappa shape index (κ3) is 3.29. The zero-order valence-corrected chi connectivity index (χ0v) is 17.7. The molecule has 1 unspecified atom stereocenters. The van der Waals surface area contributed by atoms with Gasteiger partial charge in [0.25, 0.3) is 0 Å². The molecule has 3 aromatic carbocycles. The number of aromatic hydroxyl groups is 1. The Morgan fingerprint density at radius 1 is 1.09 bits per heavy atom. The number of hydrogen-bond donors (Lipinski definition) is 1. The highest BCUT2D eigenvalue weighted by Crippen LogP contribution is 2.49. The summed E-state index contributed by atoms with van der Waals surface area (Å²) in [6, 6.07) is 15.3. The fourth-order valence-electron chi connectivity index (χ4n) is 4.06.